The predicted molar refractivity (Wildman–Crippen MR) is 56.5 cm³/mol. The third-order valence-electron chi connectivity index (χ3n) is 2.31. The minimum atomic E-state index is -4.41. The van der Waals surface area contributed by atoms with Crippen LogP contribution in [0.1, 0.15) is 11.1 Å². The van der Waals surface area contributed by atoms with Crippen LogP contribution in [0.15, 0.2) is 24.4 Å². The lowest BCUT2D eigenvalue weighted by molar-refractivity contribution is -0.136. The molecule has 1 nitrogen and oxygen atoms in total. The molecule has 5 heteroatoms. The third kappa shape index (κ3) is 1.73. The van der Waals surface area contributed by atoms with Gasteiger partial charge in [-0.1, -0.05) is 23.7 Å². The van der Waals surface area contributed by atoms with Gasteiger partial charge in [0.15, 0.2) is 0 Å². The first-order chi connectivity index (χ1) is 7.41. The van der Waals surface area contributed by atoms with E-state index in [2.05, 4.69) is 4.98 Å². The second-order valence-electron chi connectivity index (χ2n) is 3.45. The first-order valence-corrected chi connectivity index (χ1v) is 4.90. The van der Waals surface area contributed by atoms with Crippen molar-refractivity contribution in [1.29, 1.82) is 0 Å². The Kier molecular flexibility index (Phi) is 2.54. The van der Waals surface area contributed by atoms with Crippen molar-refractivity contribution in [2.75, 3.05) is 0 Å². The normalized spacial score (nSPS) is 12.1. The van der Waals surface area contributed by atoms with Gasteiger partial charge in [-0.25, -0.2) is 0 Å². The van der Waals surface area contributed by atoms with Crippen LogP contribution in [0.5, 0.6) is 0 Å². The fourth-order valence-electron chi connectivity index (χ4n) is 1.52. The number of rotatable bonds is 0. The molecule has 0 aliphatic heterocycles. The van der Waals surface area contributed by atoms with Crippen molar-refractivity contribution in [3.05, 3.63) is 40.5 Å². The van der Waals surface area contributed by atoms with Crippen LogP contribution in [0.25, 0.3) is 10.9 Å². The number of nitrogens with zero attached hydrogens (tertiary/aromatic N) is 1. The van der Waals surface area contributed by atoms with E-state index in [0.29, 0.717) is 16.0 Å². The largest absolute Gasteiger partial charge is 0.418 e. The Morgan fingerprint density at radius 3 is 2.56 bits per heavy atom. The molecule has 0 radical (unpaired) electrons. The lowest BCUT2D eigenvalue weighted by atomic mass is 10.1. The third-order valence-corrected chi connectivity index (χ3v) is 2.81. The molecular formula is C11H7ClF3N. The number of alkyl halides is 3. The highest BCUT2D eigenvalue weighted by Crippen LogP contribution is 2.36. The summed E-state index contributed by atoms with van der Waals surface area (Å²) < 4.78 is 38.0. The summed E-state index contributed by atoms with van der Waals surface area (Å²) in [6, 6.07) is 3.87. The summed E-state index contributed by atoms with van der Waals surface area (Å²) in [5.41, 5.74) is -0.203. The molecule has 16 heavy (non-hydrogen) atoms. The smallest absolute Gasteiger partial charge is 0.255 e. The Morgan fingerprint density at radius 2 is 1.94 bits per heavy atom. The highest BCUT2D eigenvalue weighted by molar-refractivity contribution is 6.36. The summed E-state index contributed by atoms with van der Waals surface area (Å²) in [6.07, 6.45) is -3.06. The fraction of sp³-hybridized carbons (Fsp3) is 0.182. The summed E-state index contributed by atoms with van der Waals surface area (Å²) >= 11 is 5.94. The van der Waals surface area contributed by atoms with E-state index in [1.807, 2.05) is 0 Å². The Hall–Kier alpha value is -1.29. The van der Waals surface area contributed by atoms with Crippen LogP contribution < -0.4 is 0 Å². The molecule has 1 aromatic carbocycles. The molecule has 0 saturated heterocycles. The van der Waals surface area contributed by atoms with Gasteiger partial charge in [0.2, 0.25) is 0 Å². The van der Waals surface area contributed by atoms with Gasteiger partial charge in [-0.3, -0.25) is 4.98 Å². The monoisotopic (exact) mass is 245 g/mol. The van der Waals surface area contributed by atoms with Crippen LogP contribution >= 0.6 is 11.6 Å². The Balaban J connectivity index is 2.85. The number of hydrogen-bond acceptors (Lipinski definition) is 1. The molecule has 2 rings (SSSR count). The van der Waals surface area contributed by atoms with Crippen molar-refractivity contribution in [2.24, 2.45) is 0 Å². The molecule has 1 heterocycles. The van der Waals surface area contributed by atoms with E-state index in [1.165, 1.54) is 18.3 Å². The van der Waals surface area contributed by atoms with E-state index in [4.69, 9.17) is 11.6 Å². The molecule has 0 bridgehead atoms. The van der Waals surface area contributed by atoms with Crippen LogP contribution in [0.2, 0.25) is 5.02 Å². The van der Waals surface area contributed by atoms with Crippen molar-refractivity contribution in [3.8, 4) is 0 Å². The van der Waals surface area contributed by atoms with Crippen LogP contribution in [0, 0.1) is 6.92 Å². The van der Waals surface area contributed by atoms with Gasteiger partial charge in [0.1, 0.15) is 0 Å². The van der Waals surface area contributed by atoms with Gasteiger partial charge in [0, 0.05) is 11.6 Å². The van der Waals surface area contributed by atoms with Crippen molar-refractivity contribution in [3.63, 3.8) is 0 Å². The predicted octanol–water partition coefficient (Wildman–Crippen LogP) is 4.22. The first-order valence-electron chi connectivity index (χ1n) is 4.52. The highest BCUT2D eigenvalue weighted by atomic mass is 35.5. The summed E-state index contributed by atoms with van der Waals surface area (Å²) in [4.78, 5) is 3.80. The van der Waals surface area contributed by atoms with Crippen molar-refractivity contribution < 1.29 is 13.2 Å². The summed E-state index contributed by atoms with van der Waals surface area (Å²) in [6.45, 7) is 1.70. The zero-order chi connectivity index (χ0) is 11.9. The molecule has 0 unspecified atom stereocenters. The quantitative estimate of drug-likeness (QED) is 0.677. The summed E-state index contributed by atoms with van der Waals surface area (Å²) in [7, 11) is 0. The Labute approximate surface area is 94.9 Å². The fourth-order valence-corrected chi connectivity index (χ4v) is 1.72. The maximum Gasteiger partial charge on any atom is 0.418 e. The maximum absolute atomic E-state index is 12.7. The lowest BCUT2D eigenvalue weighted by Gasteiger charge is -2.10. The van der Waals surface area contributed by atoms with Crippen LogP contribution in [-0.2, 0) is 6.18 Å². The van der Waals surface area contributed by atoms with E-state index < -0.39 is 11.7 Å². The number of benzene rings is 1. The van der Waals surface area contributed by atoms with E-state index in [9.17, 15) is 13.2 Å². The Morgan fingerprint density at radius 1 is 1.25 bits per heavy atom. The second-order valence-corrected chi connectivity index (χ2v) is 3.83. The zero-order valence-electron chi connectivity index (χ0n) is 8.27. The minimum Gasteiger partial charge on any atom is -0.255 e. The zero-order valence-corrected chi connectivity index (χ0v) is 9.02. The number of aryl methyl sites for hydroxylation is 1. The number of fused-ring (bicyclic) bond motifs is 1. The van der Waals surface area contributed by atoms with Gasteiger partial charge in [-0.05, 0) is 18.6 Å². The molecule has 0 N–H and O–H groups in total. The average Bonchev–Trinajstić information content (AvgIpc) is 2.21. The van der Waals surface area contributed by atoms with E-state index in [1.54, 1.807) is 6.92 Å². The topological polar surface area (TPSA) is 12.9 Å². The summed E-state index contributed by atoms with van der Waals surface area (Å²) in [5.74, 6) is 0. The molecule has 0 aliphatic carbocycles. The number of aromatic nitrogens is 1. The lowest BCUT2D eigenvalue weighted by Crippen LogP contribution is -2.06. The molecule has 0 amide bonds. The standard InChI is InChI=1S/C11H7ClF3N/c1-6-5-16-10-7(9(6)12)3-2-4-8(10)11(13,14)15/h2-5H,1H3. The molecule has 84 valence electrons. The number of pyridine rings is 1. The second kappa shape index (κ2) is 3.63. The Bertz CT molecular complexity index is 549. The van der Waals surface area contributed by atoms with Gasteiger partial charge < -0.3 is 0 Å². The summed E-state index contributed by atoms with van der Waals surface area (Å²) in [5, 5.41) is 0.646. The van der Waals surface area contributed by atoms with Crippen LogP contribution in [0.3, 0.4) is 0 Å². The number of para-hydroxylation sites is 1. The average molecular weight is 246 g/mol. The van der Waals surface area contributed by atoms with E-state index in [0.717, 1.165) is 6.07 Å². The van der Waals surface area contributed by atoms with Crippen LogP contribution in [0.4, 0.5) is 13.2 Å². The highest BCUT2D eigenvalue weighted by Gasteiger charge is 2.33. The van der Waals surface area contributed by atoms with Crippen molar-refractivity contribution in [2.45, 2.75) is 13.1 Å². The first kappa shape index (κ1) is 11.2. The van der Waals surface area contributed by atoms with Crippen molar-refractivity contribution in [1.82, 2.24) is 4.98 Å². The molecule has 0 fully saturated rings. The minimum absolute atomic E-state index is 0.106. The van der Waals surface area contributed by atoms with Gasteiger partial charge in [-0.15, -0.1) is 0 Å². The number of halogens is 4. The van der Waals surface area contributed by atoms with Crippen molar-refractivity contribution >= 4 is 22.5 Å². The van der Waals surface area contributed by atoms with Gasteiger partial charge >= 0.3 is 6.18 Å². The van der Waals surface area contributed by atoms with Gasteiger partial charge in [0.25, 0.3) is 0 Å². The number of hydrogen-bond donors (Lipinski definition) is 0. The SMILES string of the molecule is Cc1cnc2c(C(F)(F)F)cccc2c1Cl. The molecular weight excluding hydrogens is 239 g/mol. The molecule has 0 aliphatic rings. The molecule has 0 spiro atoms. The molecule has 0 atom stereocenters. The van der Waals surface area contributed by atoms with E-state index >= 15 is 0 Å². The molecule has 0 saturated carbocycles. The van der Waals surface area contributed by atoms with Gasteiger partial charge in [0.05, 0.1) is 16.1 Å². The molecule has 1 aromatic heterocycles. The maximum atomic E-state index is 12.7. The molecule has 2 aromatic rings. The van der Waals surface area contributed by atoms with Crippen LogP contribution in [-0.4, -0.2) is 4.98 Å². The van der Waals surface area contributed by atoms with E-state index in [-0.39, 0.29) is 5.52 Å². The van der Waals surface area contributed by atoms with Gasteiger partial charge in [-0.2, -0.15) is 13.2 Å².